The van der Waals surface area contributed by atoms with E-state index in [1.54, 1.807) is 6.07 Å². The minimum Gasteiger partial charge on any atom is -0.355 e. The van der Waals surface area contributed by atoms with E-state index in [1.165, 1.54) is 13.1 Å². The molecule has 10 heteroatoms. The van der Waals surface area contributed by atoms with E-state index in [9.17, 15) is 21.6 Å². The summed E-state index contributed by atoms with van der Waals surface area (Å²) in [6.07, 6.45) is -4.41. The molecule has 0 aromatic heterocycles. The van der Waals surface area contributed by atoms with Gasteiger partial charge in [0.05, 0.1) is 11.3 Å². The van der Waals surface area contributed by atoms with E-state index < -0.39 is 21.8 Å². The molecule has 3 N–H and O–H groups in total. The van der Waals surface area contributed by atoms with Crippen molar-refractivity contribution in [1.29, 1.82) is 0 Å². The third-order valence-electron chi connectivity index (χ3n) is 3.94. The molecule has 2 aromatic rings. The van der Waals surface area contributed by atoms with Crippen LogP contribution in [-0.4, -0.2) is 33.7 Å². The van der Waals surface area contributed by atoms with E-state index >= 15 is 0 Å². The summed E-state index contributed by atoms with van der Waals surface area (Å²) >= 11 is 0. The summed E-state index contributed by atoms with van der Waals surface area (Å²) in [5.74, 6) is 0.116. The molecule has 0 heterocycles. The second-order valence-electron chi connectivity index (χ2n) is 6.18. The van der Waals surface area contributed by atoms with Crippen LogP contribution in [0.2, 0.25) is 0 Å². The van der Waals surface area contributed by atoms with Crippen molar-refractivity contribution >= 4 is 16.0 Å². The fourth-order valence-corrected chi connectivity index (χ4v) is 3.33. The van der Waals surface area contributed by atoms with Gasteiger partial charge in [-0.15, -0.1) is 0 Å². The molecule has 0 saturated heterocycles. The highest BCUT2D eigenvalue weighted by Gasteiger charge is 2.30. The van der Waals surface area contributed by atoms with E-state index in [4.69, 9.17) is 0 Å². The van der Waals surface area contributed by atoms with Gasteiger partial charge in [0, 0.05) is 26.7 Å². The van der Waals surface area contributed by atoms with Gasteiger partial charge in [0.25, 0.3) is 0 Å². The molecule has 0 aliphatic heterocycles. The fourth-order valence-electron chi connectivity index (χ4n) is 2.43. The van der Waals surface area contributed by atoms with Crippen molar-refractivity contribution in [3.63, 3.8) is 0 Å². The maximum atomic E-state index is 12.8. The molecule has 0 spiro atoms. The zero-order chi connectivity index (χ0) is 21.3. The molecule has 29 heavy (non-hydrogen) atoms. The molecule has 0 radical (unpaired) electrons. The van der Waals surface area contributed by atoms with Gasteiger partial charge in [-0.05, 0) is 23.3 Å². The number of rotatable bonds is 8. The second kappa shape index (κ2) is 10.3. The summed E-state index contributed by atoms with van der Waals surface area (Å²) in [5, 5.41) is 5.70. The number of guanidine groups is 1. The molecule has 0 fully saturated rings. The average Bonchev–Trinajstić information content (AvgIpc) is 2.69. The zero-order valence-corrected chi connectivity index (χ0v) is 16.6. The van der Waals surface area contributed by atoms with Crippen LogP contribution in [0.25, 0.3) is 0 Å². The second-order valence-corrected chi connectivity index (χ2v) is 8.10. The van der Waals surface area contributed by atoms with Crippen LogP contribution >= 0.6 is 0 Å². The van der Waals surface area contributed by atoms with Gasteiger partial charge in [-0.3, -0.25) is 4.99 Å². The van der Waals surface area contributed by atoms with Gasteiger partial charge in [-0.1, -0.05) is 42.5 Å². The van der Waals surface area contributed by atoms with Crippen LogP contribution in [0.15, 0.2) is 59.6 Å². The van der Waals surface area contributed by atoms with Crippen molar-refractivity contribution in [2.24, 2.45) is 4.99 Å². The SMILES string of the molecule is CN=C(NCCS(=O)(=O)NCc1ccccc1)NCc1cccc(C(F)(F)F)c1. The molecule has 0 atom stereocenters. The minimum absolute atomic E-state index is 0.0897. The normalized spacial score (nSPS) is 12.6. The number of hydrogen-bond acceptors (Lipinski definition) is 3. The van der Waals surface area contributed by atoms with Gasteiger partial charge in [0.1, 0.15) is 0 Å². The Balaban J connectivity index is 1.79. The third kappa shape index (κ3) is 8.12. The number of benzene rings is 2. The Hall–Kier alpha value is -2.59. The largest absolute Gasteiger partial charge is 0.416 e. The number of nitrogens with one attached hydrogen (secondary N) is 3. The molecule has 6 nitrogen and oxygen atoms in total. The number of alkyl halides is 3. The Labute approximate surface area is 168 Å². The molecule has 0 aliphatic carbocycles. The van der Waals surface area contributed by atoms with E-state index in [2.05, 4.69) is 20.3 Å². The monoisotopic (exact) mass is 428 g/mol. The smallest absolute Gasteiger partial charge is 0.355 e. The van der Waals surface area contributed by atoms with Crippen LogP contribution in [0.4, 0.5) is 13.2 Å². The molecule has 0 unspecified atom stereocenters. The van der Waals surface area contributed by atoms with Crippen LogP contribution in [0.3, 0.4) is 0 Å². The molecular formula is C19H23F3N4O2S. The maximum Gasteiger partial charge on any atom is 0.416 e. The first-order valence-corrected chi connectivity index (χ1v) is 10.5. The average molecular weight is 428 g/mol. The summed E-state index contributed by atoms with van der Waals surface area (Å²) in [7, 11) is -2.00. The Morgan fingerprint density at radius 1 is 0.966 bits per heavy atom. The molecule has 2 aromatic carbocycles. The first-order valence-electron chi connectivity index (χ1n) is 8.81. The summed E-state index contributed by atoms with van der Waals surface area (Å²) in [4.78, 5) is 3.94. The fraction of sp³-hybridized carbons (Fsp3) is 0.316. The van der Waals surface area contributed by atoms with Crippen molar-refractivity contribution in [2.75, 3.05) is 19.3 Å². The van der Waals surface area contributed by atoms with E-state index in [0.29, 0.717) is 11.5 Å². The quantitative estimate of drug-likeness (QED) is 0.446. The molecule has 0 aliphatic rings. The van der Waals surface area contributed by atoms with E-state index in [0.717, 1.165) is 17.7 Å². The van der Waals surface area contributed by atoms with Gasteiger partial charge in [-0.2, -0.15) is 13.2 Å². The van der Waals surface area contributed by atoms with Gasteiger partial charge in [-0.25, -0.2) is 13.1 Å². The van der Waals surface area contributed by atoms with Crippen LogP contribution in [0.1, 0.15) is 16.7 Å². The lowest BCUT2D eigenvalue weighted by Crippen LogP contribution is -2.40. The van der Waals surface area contributed by atoms with Crippen LogP contribution in [0, 0.1) is 0 Å². The third-order valence-corrected chi connectivity index (χ3v) is 5.27. The molecule has 2 rings (SSSR count). The van der Waals surface area contributed by atoms with E-state index in [-0.39, 0.29) is 25.4 Å². The lowest BCUT2D eigenvalue weighted by atomic mass is 10.1. The summed E-state index contributed by atoms with van der Waals surface area (Å²) in [5.41, 5.74) is 0.554. The van der Waals surface area contributed by atoms with Gasteiger partial charge >= 0.3 is 6.18 Å². The summed E-state index contributed by atoms with van der Waals surface area (Å²) in [6.45, 7) is 0.403. The van der Waals surface area contributed by atoms with Crippen molar-refractivity contribution in [3.05, 3.63) is 71.3 Å². The highest BCUT2D eigenvalue weighted by molar-refractivity contribution is 7.89. The minimum atomic E-state index is -4.41. The van der Waals surface area contributed by atoms with Crippen molar-refractivity contribution in [2.45, 2.75) is 19.3 Å². The lowest BCUT2D eigenvalue weighted by Gasteiger charge is -2.13. The Bertz CT molecular complexity index is 917. The van der Waals surface area contributed by atoms with Crippen LogP contribution in [0.5, 0.6) is 0 Å². The number of nitrogens with zero attached hydrogens (tertiary/aromatic N) is 1. The highest BCUT2D eigenvalue weighted by Crippen LogP contribution is 2.29. The molecule has 0 bridgehead atoms. The van der Waals surface area contributed by atoms with E-state index in [1.807, 2.05) is 30.3 Å². The maximum absolute atomic E-state index is 12.8. The molecule has 158 valence electrons. The number of aliphatic imine (C=N–C) groups is 1. The van der Waals surface area contributed by atoms with Gasteiger partial charge in [0.2, 0.25) is 10.0 Å². The zero-order valence-electron chi connectivity index (χ0n) is 15.8. The Morgan fingerprint density at radius 3 is 2.31 bits per heavy atom. The first kappa shape index (κ1) is 22.7. The predicted octanol–water partition coefficient (Wildman–Crippen LogP) is 2.49. The topological polar surface area (TPSA) is 82.6 Å². The highest BCUT2D eigenvalue weighted by atomic mass is 32.2. The Kier molecular flexibility index (Phi) is 8.03. The summed E-state index contributed by atoms with van der Waals surface area (Å²) < 4.78 is 64.9. The number of hydrogen-bond donors (Lipinski definition) is 3. The van der Waals surface area contributed by atoms with Crippen molar-refractivity contribution in [3.8, 4) is 0 Å². The van der Waals surface area contributed by atoms with Gasteiger partial charge < -0.3 is 10.6 Å². The first-order chi connectivity index (χ1) is 13.7. The number of sulfonamides is 1. The molecule has 0 amide bonds. The molecule has 0 saturated carbocycles. The standard InChI is InChI=1S/C19H23F3N4O2S/c1-23-18(25-13-16-8-5-9-17(12-16)19(20,21)22)24-10-11-29(27,28)26-14-15-6-3-2-4-7-15/h2-9,12,26H,10-11,13-14H2,1H3,(H2,23,24,25). The summed E-state index contributed by atoms with van der Waals surface area (Å²) in [6, 6.07) is 14.1. The van der Waals surface area contributed by atoms with Crippen molar-refractivity contribution in [1.82, 2.24) is 15.4 Å². The Morgan fingerprint density at radius 2 is 1.66 bits per heavy atom. The van der Waals surface area contributed by atoms with Crippen LogP contribution < -0.4 is 15.4 Å². The predicted molar refractivity (Wildman–Crippen MR) is 107 cm³/mol. The van der Waals surface area contributed by atoms with Gasteiger partial charge in [0.15, 0.2) is 5.96 Å². The van der Waals surface area contributed by atoms with Crippen molar-refractivity contribution < 1.29 is 21.6 Å². The lowest BCUT2D eigenvalue weighted by molar-refractivity contribution is -0.137. The molecular weight excluding hydrogens is 405 g/mol. The number of halogens is 3. The van der Waals surface area contributed by atoms with Crippen LogP contribution in [-0.2, 0) is 29.3 Å².